The molecular formula is C9H9BrN4S. The Morgan fingerprint density at radius 3 is 3.07 bits per heavy atom. The molecule has 0 bridgehead atoms. The number of aromatic nitrogens is 2. The molecule has 2 rings (SSSR count). The number of nitrogens with zero attached hydrogens (tertiary/aromatic N) is 2. The van der Waals surface area contributed by atoms with Crippen LogP contribution >= 0.6 is 27.3 Å². The predicted octanol–water partition coefficient (Wildman–Crippen LogP) is 2.49. The van der Waals surface area contributed by atoms with Crippen LogP contribution in [-0.4, -0.2) is 9.97 Å². The fourth-order valence-electron chi connectivity index (χ4n) is 1.07. The quantitative estimate of drug-likeness (QED) is 0.909. The van der Waals surface area contributed by atoms with Gasteiger partial charge in [0.25, 0.3) is 0 Å². The number of thiophene rings is 1. The van der Waals surface area contributed by atoms with Gasteiger partial charge < -0.3 is 11.1 Å². The van der Waals surface area contributed by atoms with Gasteiger partial charge in [0, 0.05) is 16.0 Å². The molecule has 0 radical (unpaired) electrons. The Morgan fingerprint density at radius 2 is 2.40 bits per heavy atom. The first-order chi connectivity index (χ1) is 7.24. The fraction of sp³-hybridized carbons (Fsp3) is 0.111. The second-order valence-electron chi connectivity index (χ2n) is 2.88. The lowest BCUT2D eigenvalue weighted by atomic mass is 10.5. The van der Waals surface area contributed by atoms with Crippen LogP contribution in [0.5, 0.6) is 0 Å². The molecule has 78 valence electrons. The lowest BCUT2D eigenvalue weighted by Crippen LogP contribution is -2.04. The number of nitrogen functional groups attached to an aromatic ring is 1. The summed E-state index contributed by atoms with van der Waals surface area (Å²) in [5.74, 6) is 1.19. The lowest BCUT2D eigenvalue weighted by Gasteiger charge is -2.02. The zero-order valence-corrected chi connectivity index (χ0v) is 10.2. The second kappa shape index (κ2) is 4.59. The van der Waals surface area contributed by atoms with Crippen molar-refractivity contribution < 1.29 is 0 Å². The average molecular weight is 285 g/mol. The highest BCUT2D eigenvalue weighted by atomic mass is 79.9. The van der Waals surface area contributed by atoms with E-state index in [0.717, 1.165) is 9.47 Å². The number of hydrogen-bond acceptors (Lipinski definition) is 5. The monoisotopic (exact) mass is 284 g/mol. The molecule has 0 atom stereocenters. The van der Waals surface area contributed by atoms with E-state index in [9.17, 15) is 0 Å². The maximum Gasteiger partial charge on any atom is 0.149 e. The second-order valence-corrected chi connectivity index (χ2v) is 4.71. The zero-order chi connectivity index (χ0) is 10.7. The third-order valence-corrected chi connectivity index (χ3v) is 3.36. The van der Waals surface area contributed by atoms with Crippen molar-refractivity contribution in [1.82, 2.24) is 9.97 Å². The number of nitrogens with one attached hydrogen (secondary N) is 1. The highest BCUT2D eigenvalue weighted by Gasteiger charge is 1.99. The van der Waals surface area contributed by atoms with Gasteiger partial charge >= 0.3 is 0 Å². The largest absolute Gasteiger partial charge is 0.384 e. The first kappa shape index (κ1) is 10.4. The van der Waals surface area contributed by atoms with E-state index in [-0.39, 0.29) is 0 Å². The van der Waals surface area contributed by atoms with Crippen molar-refractivity contribution in [2.45, 2.75) is 6.54 Å². The summed E-state index contributed by atoms with van der Waals surface area (Å²) in [4.78, 5) is 8.19. The maximum atomic E-state index is 5.55. The SMILES string of the molecule is Nc1ccnc(CNc2cc(Br)cs2)n1. The van der Waals surface area contributed by atoms with E-state index in [2.05, 4.69) is 31.2 Å². The molecule has 0 amide bonds. The first-order valence-electron chi connectivity index (χ1n) is 4.29. The molecule has 2 aromatic heterocycles. The van der Waals surface area contributed by atoms with Gasteiger partial charge in [0.2, 0.25) is 0 Å². The summed E-state index contributed by atoms with van der Waals surface area (Å²) in [6, 6.07) is 3.68. The van der Waals surface area contributed by atoms with Crippen molar-refractivity contribution in [2.24, 2.45) is 0 Å². The van der Waals surface area contributed by atoms with E-state index in [1.807, 2.05) is 11.4 Å². The van der Waals surface area contributed by atoms with Gasteiger partial charge in [0.05, 0.1) is 11.5 Å². The summed E-state index contributed by atoms with van der Waals surface area (Å²) in [6.45, 7) is 0.581. The van der Waals surface area contributed by atoms with Gasteiger partial charge in [-0.2, -0.15) is 0 Å². The predicted molar refractivity (Wildman–Crippen MR) is 65.8 cm³/mol. The summed E-state index contributed by atoms with van der Waals surface area (Å²) in [7, 11) is 0. The minimum absolute atomic E-state index is 0.495. The molecule has 6 heteroatoms. The summed E-state index contributed by atoms with van der Waals surface area (Å²) in [5, 5.41) is 6.31. The molecule has 0 aliphatic carbocycles. The zero-order valence-electron chi connectivity index (χ0n) is 7.77. The molecule has 3 N–H and O–H groups in total. The van der Waals surface area contributed by atoms with Crippen molar-refractivity contribution in [2.75, 3.05) is 11.1 Å². The van der Waals surface area contributed by atoms with Crippen LogP contribution in [0.4, 0.5) is 10.8 Å². The van der Waals surface area contributed by atoms with Gasteiger partial charge in [-0.25, -0.2) is 9.97 Å². The third kappa shape index (κ3) is 2.90. The Kier molecular flexibility index (Phi) is 3.17. The fourth-order valence-corrected chi connectivity index (χ4v) is 2.39. The number of rotatable bonds is 3. The van der Waals surface area contributed by atoms with Crippen LogP contribution in [0, 0.1) is 0 Å². The molecule has 0 aromatic carbocycles. The van der Waals surface area contributed by atoms with Gasteiger partial charge in [-0.3, -0.25) is 0 Å². The highest BCUT2D eigenvalue weighted by molar-refractivity contribution is 9.10. The molecule has 0 spiro atoms. The average Bonchev–Trinajstić information content (AvgIpc) is 2.62. The first-order valence-corrected chi connectivity index (χ1v) is 5.96. The summed E-state index contributed by atoms with van der Waals surface area (Å²) in [6.07, 6.45) is 1.66. The van der Waals surface area contributed by atoms with Crippen molar-refractivity contribution in [3.63, 3.8) is 0 Å². The van der Waals surface area contributed by atoms with Crippen molar-refractivity contribution >= 4 is 38.1 Å². The molecule has 0 unspecified atom stereocenters. The Hall–Kier alpha value is -1.14. The molecule has 2 aromatic rings. The molecular weight excluding hydrogens is 276 g/mol. The number of anilines is 2. The lowest BCUT2D eigenvalue weighted by molar-refractivity contribution is 0.957. The minimum atomic E-state index is 0.495. The Balaban J connectivity index is 1.99. The van der Waals surface area contributed by atoms with Crippen LogP contribution in [0.3, 0.4) is 0 Å². The van der Waals surface area contributed by atoms with Gasteiger partial charge in [-0.05, 0) is 28.1 Å². The van der Waals surface area contributed by atoms with Crippen LogP contribution in [0.25, 0.3) is 0 Å². The van der Waals surface area contributed by atoms with Crippen LogP contribution in [0.1, 0.15) is 5.82 Å². The van der Waals surface area contributed by atoms with Gasteiger partial charge in [-0.1, -0.05) is 0 Å². The molecule has 4 nitrogen and oxygen atoms in total. The smallest absolute Gasteiger partial charge is 0.149 e. The summed E-state index contributed by atoms with van der Waals surface area (Å²) >= 11 is 5.02. The topological polar surface area (TPSA) is 63.8 Å². The number of nitrogens with two attached hydrogens (primary N) is 1. The van der Waals surface area contributed by atoms with Crippen molar-refractivity contribution in [1.29, 1.82) is 0 Å². The molecule has 0 aliphatic heterocycles. The third-order valence-electron chi connectivity index (χ3n) is 1.72. The van der Waals surface area contributed by atoms with Crippen molar-refractivity contribution in [3.8, 4) is 0 Å². The standard InChI is InChI=1S/C9H9BrN4S/c10-6-3-9(15-5-6)13-4-8-12-2-1-7(11)14-8/h1-3,5,13H,4H2,(H2,11,12,14). The van der Waals surface area contributed by atoms with E-state index in [4.69, 9.17) is 5.73 Å². The molecule has 0 aliphatic rings. The van der Waals surface area contributed by atoms with Crippen LogP contribution in [0.2, 0.25) is 0 Å². The molecule has 15 heavy (non-hydrogen) atoms. The Bertz CT molecular complexity index is 457. The minimum Gasteiger partial charge on any atom is -0.384 e. The van der Waals surface area contributed by atoms with Crippen LogP contribution in [-0.2, 0) is 6.54 Å². The Morgan fingerprint density at radius 1 is 1.53 bits per heavy atom. The number of hydrogen-bond donors (Lipinski definition) is 2. The molecule has 0 saturated carbocycles. The normalized spacial score (nSPS) is 10.2. The van der Waals surface area contributed by atoms with E-state index >= 15 is 0 Å². The van der Waals surface area contributed by atoms with Gasteiger partial charge in [-0.15, -0.1) is 11.3 Å². The van der Waals surface area contributed by atoms with Gasteiger partial charge in [0.1, 0.15) is 11.6 Å². The number of halogens is 1. The van der Waals surface area contributed by atoms with Crippen LogP contribution in [0.15, 0.2) is 28.2 Å². The Labute approximate surface area is 99.7 Å². The summed E-state index contributed by atoms with van der Waals surface area (Å²) in [5.41, 5.74) is 5.55. The molecule has 0 fully saturated rings. The molecule has 0 saturated heterocycles. The van der Waals surface area contributed by atoms with E-state index in [1.165, 1.54) is 0 Å². The maximum absolute atomic E-state index is 5.55. The van der Waals surface area contributed by atoms with E-state index in [1.54, 1.807) is 23.6 Å². The van der Waals surface area contributed by atoms with E-state index in [0.29, 0.717) is 18.2 Å². The van der Waals surface area contributed by atoms with E-state index < -0.39 is 0 Å². The highest BCUT2D eigenvalue weighted by Crippen LogP contribution is 2.24. The van der Waals surface area contributed by atoms with Crippen LogP contribution < -0.4 is 11.1 Å². The van der Waals surface area contributed by atoms with Crippen molar-refractivity contribution in [3.05, 3.63) is 34.0 Å². The summed E-state index contributed by atoms with van der Waals surface area (Å²) < 4.78 is 1.07. The molecule has 2 heterocycles. The van der Waals surface area contributed by atoms with Gasteiger partial charge in [0.15, 0.2) is 0 Å².